The Labute approximate surface area is 183 Å². The maximum absolute atomic E-state index is 12.9. The van der Waals surface area contributed by atoms with Gasteiger partial charge in [0, 0.05) is 11.9 Å². The Morgan fingerprint density at radius 1 is 1.16 bits per heavy atom. The van der Waals surface area contributed by atoms with Gasteiger partial charge in [0.1, 0.15) is 5.71 Å². The number of ether oxygens (including phenoxy) is 1. The fourth-order valence-electron chi connectivity index (χ4n) is 2.49. The number of aliphatic imine (C=N–C) groups is 1. The van der Waals surface area contributed by atoms with Crippen molar-refractivity contribution < 1.29 is 22.7 Å². The largest absolute Gasteiger partial charge is 0.485 e. The lowest BCUT2D eigenvalue weighted by Crippen LogP contribution is -2.26. The van der Waals surface area contributed by atoms with Crippen LogP contribution in [0.25, 0.3) is 0 Å². The molecular weight excluding hydrogens is 421 g/mol. The van der Waals surface area contributed by atoms with Crippen molar-refractivity contribution in [2.75, 3.05) is 5.32 Å². The maximum Gasteiger partial charge on any atom is 0.416 e. The summed E-state index contributed by atoms with van der Waals surface area (Å²) in [5.74, 6) is -1.07. The van der Waals surface area contributed by atoms with Crippen LogP contribution >= 0.6 is 0 Å². The molecule has 0 aliphatic carbocycles. The second-order valence-electron chi connectivity index (χ2n) is 6.79. The fraction of sp³-hybridized carbons (Fsp3) is 0.174. The van der Waals surface area contributed by atoms with E-state index in [0.717, 1.165) is 24.5 Å². The SMILES string of the molecule is CC(C)O/C(=C/Nc1cccc(C(F)(F)F)c1)C(=O)C(=N)C(C=CN)=Nc1ccccc1. The number of carbonyl (C=O) groups excluding carboxylic acids is 1. The molecule has 0 saturated heterocycles. The molecule has 32 heavy (non-hydrogen) atoms. The Balaban J connectivity index is 2.34. The highest BCUT2D eigenvalue weighted by Crippen LogP contribution is 2.30. The zero-order valence-corrected chi connectivity index (χ0v) is 17.5. The van der Waals surface area contributed by atoms with E-state index in [2.05, 4.69) is 10.3 Å². The molecule has 0 amide bonds. The summed E-state index contributed by atoms with van der Waals surface area (Å²) in [5, 5.41) is 10.9. The molecule has 0 unspecified atom stereocenters. The summed E-state index contributed by atoms with van der Waals surface area (Å²) in [4.78, 5) is 17.2. The molecule has 0 aromatic heterocycles. The van der Waals surface area contributed by atoms with Crippen molar-refractivity contribution in [1.82, 2.24) is 0 Å². The van der Waals surface area contributed by atoms with Crippen LogP contribution in [0.3, 0.4) is 0 Å². The molecule has 2 aromatic rings. The van der Waals surface area contributed by atoms with E-state index < -0.39 is 29.3 Å². The molecule has 9 heteroatoms. The molecule has 0 bridgehead atoms. The Morgan fingerprint density at radius 3 is 2.44 bits per heavy atom. The first-order chi connectivity index (χ1) is 15.1. The van der Waals surface area contributed by atoms with E-state index in [0.29, 0.717) is 5.69 Å². The van der Waals surface area contributed by atoms with Gasteiger partial charge in [-0.2, -0.15) is 13.2 Å². The summed E-state index contributed by atoms with van der Waals surface area (Å²) in [7, 11) is 0. The second-order valence-corrected chi connectivity index (χ2v) is 6.79. The van der Waals surface area contributed by atoms with Crippen molar-refractivity contribution in [1.29, 1.82) is 5.41 Å². The first kappa shape index (κ1) is 24.4. The smallest absolute Gasteiger partial charge is 0.416 e. The zero-order valence-electron chi connectivity index (χ0n) is 17.5. The number of alkyl halides is 3. The number of Topliss-reactive ketones (excluding diaryl/α,β-unsaturated/α-hetero) is 1. The number of hydrogen-bond acceptors (Lipinski definition) is 6. The number of hydrogen-bond donors (Lipinski definition) is 3. The van der Waals surface area contributed by atoms with Crippen molar-refractivity contribution in [3.05, 3.63) is 84.4 Å². The van der Waals surface area contributed by atoms with Gasteiger partial charge in [-0.25, -0.2) is 4.99 Å². The summed E-state index contributed by atoms with van der Waals surface area (Å²) in [6.07, 6.45) is -1.36. The topological polar surface area (TPSA) is 101 Å². The second kappa shape index (κ2) is 10.9. The number of anilines is 1. The molecule has 0 atom stereocenters. The number of carbonyl (C=O) groups is 1. The van der Waals surface area contributed by atoms with Crippen LogP contribution in [0, 0.1) is 5.41 Å². The first-order valence-electron chi connectivity index (χ1n) is 9.58. The third-order valence-electron chi connectivity index (χ3n) is 3.89. The number of nitrogens with zero attached hydrogens (tertiary/aromatic N) is 1. The maximum atomic E-state index is 12.9. The lowest BCUT2D eigenvalue weighted by molar-refractivity contribution is -0.137. The average Bonchev–Trinajstić information content (AvgIpc) is 2.75. The van der Waals surface area contributed by atoms with Gasteiger partial charge in [0.15, 0.2) is 5.76 Å². The van der Waals surface area contributed by atoms with Crippen LogP contribution in [0.4, 0.5) is 24.5 Å². The molecule has 4 N–H and O–H groups in total. The highest BCUT2D eigenvalue weighted by Gasteiger charge is 2.30. The normalized spacial score (nSPS) is 12.8. The molecule has 6 nitrogen and oxygen atoms in total. The predicted molar refractivity (Wildman–Crippen MR) is 119 cm³/mol. The van der Waals surface area contributed by atoms with Crippen LogP contribution in [0.15, 0.2) is 83.8 Å². The molecule has 0 aliphatic rings. The minimum absolute atomic E-state index is 0.000949. The van der Waals surface area contributed by atoms with E-state index in [-0.39, 0.29) is 17.2 Å². The molecule has 0 aliphatic heterocycles. The lowest BCUT2D eigenvalue weighted by atomic mass is 10.1. The van der Waals surface area contributed by atoms with Gasteiger partial charge in [0.25, 0.3) is 0 Å². The standard InChI is InChI=1S/C23H23F3N4O2/c1-15(2)32-20(14-29-18-10-6-7-16(13-18)23(24,25)26)22(31)21(28)19(11-12-27)30-17-8-4-3-5-9-17/h3-15,28-29H,27H2,1-2H3/b12-11?,20-14+,28-21?,30-19?. The van der Waals surface area contributed by atoms with Crippen molar-refractivity contribution in [2.45, 2.75) is 26.1 Å². The van der Waals surface area contributed by atoms with Crippen molar-refractivity contribution in [2.24, 2.45) is 10.7 Å². The number of nitrogens with one attached hydrogen (secondary N) is 2. The van der Waals surface area contributed by atoms with Crippen LogP contribution in [-0.2, 0) is 15.7 Å². The monoisotopic (exact) mass is 444 g/mol. The van der Waals surface area contributed by atoms with Crippen molar-refractivity contribution in [3.63, 3.8) is 0 Å². The lowest BCUT2D eigenvalue weighted by Gasteiger charge is -2.14. The highest BCUT2D eigenvalue weighted by atomic mass is 19.4. The van der Waals surface area contributed by atoms with Gasteiger partial charge in [0.05, 0.1) is 23.1 Å². The summed E-state index contributed by atoms with van der Waals surface area (Å²) in [6.45, 7) is 3.35. The van der Waals surface area contributed by atoms with Gasteiger partial charge in [-0.05, 0) is 56.5 Å². The molecule has 0 heterocycles. The van der Waals surface area contributed by atoms with Crippen LogP contribution in [0.2, 0.25) is 0 Å². The predicted octanol–water partition coefficient (Wildman–Crippen LogP) is 5.22. The van der Waals surface area contributed by atoms with Gasteiger partial charge in [-0.3, -0.25) is 10.2 Å². The van der Waals surface area contributed by atoms with E-state index in [9.17, 15) is 18.0 Å². The van der Waals surface area contributed by atoms with Crippen LogP contribution in [0.1, 0.15) is 19.4 Å². The third-order valence-corrected chi connectivity index (χ3v) is 3.89. The molecule has 0 fully saturated rings. The number of rotatable bonds is 9. The molecule has 0 radical (unpaired) electrons. The number of benzene rings is 2. The number of para-hydroxylation sites is 1. The number of allylic oxidation sites excluding steroid dienone is 2. The number of nitrogens with two attached hydrogens (primary N) is 1. The minimum atomic E-state index is -4.51. The van der Waals surface area contributed by atoms with Gasteiger partial charge < -0.3 is 15.8 Å². The molecule has 0 saturated carbocycles. The first-order valence-corrected chi connectivity index (χ1v) is 9.58. The highest BCUT2D eigenvalue weighted by molar-refractivity contribution is 6.71. The third kappa shape index (κ3) is 7.12. The van der Waals surface area contributed by atoms with Gasteiger partial charge in [-0.1, -0.05) is 24.3 Å². The Morgan fingerprint density at radius 2 is 1.84 bits per heavy atom. The molecule has 0 spiro atoms. The van der Waals surface area contributed by atoms with E-state index >= 15 is 0 Å². The van der Waals surface area contributed by atoms with E-state index in [1.54, 1.807) is 44.2 Å². The van der Waals surface area contributed by atoms with E-state index in [1.807, 2.05) is 0 Å². The Bertz CT molecular complexity index is 1040. The molecule has 168 valence electrons. The number of halogens is 3. The van der Waals surface area contributed by atoms with Gasteiger partial charge in [0.2, 0.25) is 5.78 Å². The minimum Gasteiger partial charge on any atom is -0.485 e. The summed E-state index contributed by atoms with van der Waals surface area (Å²) in [6, 6.07) is 13.2. The average molecular weight is 444 g/mol. The fourth-order valence-corrected chi connectivity index (χ4v) is 2.49. The zero-order chi connectivity index (χ0) is 23.7. The Kier molecular flexibility index (Phi) is 8.34. The summed E-state index contributed by atoms with van der Waals surface area (Å²) in [5.41, 5.74) is 4.72. The van der Waals surface area contributed by atoms with Crippen LogP contribution in [-0.4, -0.2) is 23.3 Å². The van der Waals surface area contributed by atoms with Crippen molar-refractivity contribution >= 4 is 28.6 Å². The molecule has 2 aromatic carbocycles. The van der Waals surface area contributed by atoms with Gasteiger partial charge in [-0.15, -0.1) is 0 Å². The quantitative estimate of drug-likeness (QED) is 0.280. The van der Waals surface area contributed by atoms with Crippen molar-refractivity contribution in [3.8, 4) is 0 Å². The molecule has 2 rings (SSSR count). The van der Waals surface area contributed by atoms with E-state index in [4.69, 9.17) is 15.9 Å². The Hall–Kier alpha value is -3.88. The summed E-state index contributed by atoms with van der Waals surface area (Å²) >= 11 is 0. The van der Waals surface area contributed by atoms with Crippen LogP contribution < -0.4 is 11.1 Å². The summed E-state index contributed by atoms with van der Waals surface area (Å²) < 4.78 is 44.3. The molecular formula is C23H23F3N4O2. The van der Waals surface area contributed by atoms with Gasteiger partial charge >= 0.3 is 6.18 Å². The van der Waals surface area contributed by atoms with E-state index in [1.165, 1.54) is 18.2 Å². The van der Waals surface area contributed by atoms with Crippen LogP contribution in [0.5, 0.6) is 0 Å². The number of ketones is 1.